The molecule has 0 radical (unpaired) electrons. The first-order chi connectivity index (χ1) is 14.6. The molecule has 6 nitrogen and oxygen atoms in total. The zero-order valence-electron chi connectivity index (χ0n) is 17.3. The maximum atomic E-state index is 12.8. The summed E-state index contributed by atoms with van der Waals surface area (Å²) in [6, 6.07) is 15.7. The molecule has 0 saturated carbocycles. The predicted molar refractivity (Wildman–Crippen MR) is 118 cm³/mol. The highest BCUT2D eigenvalue weighted by Crippen LogP contribution is 2.32. The number of para-hydroxylation sites is 1. The largest absolute Gasteiger partial charge is 0.436 e. The summed E-state index contributed by atoms with van der Waals surface area (Å²) in [7, 11) is 0. The SMILES string of the molecule is Cc1ccc(NC(=O)C2CCCN(c3nccnc3Oc3ccccc3C)C2)cc1. The Morgan fingerprint density at radius 3 is 2.63 bits per heavy atom. The molecule has 1 unspecified atom stereocenters. The van der Waals surface area contributed by atoms with Crippen molar-refractivity contribution in [2.45, 2.75) is 26.7 Å². The first-order valence-electron chi connectivity index (χ1n) is 10.3. The van der Waals surface area contributed by atoms with Gasteiger partial charge >= 0.3 is 0 Å². The van der Waals surface area contributed by atoms with Gasteiger partial charge in [0.2, 0.25) is 5.91 Å². The molecule has 1 aromatic heterocycles. The average molecular weight is 402 g/mol. The average Bonchev–Trinajstić information content (AvgIpc) is 2.77. The van der Waals surface area contributed by atoms with Gasteiger partial charge in [-0.2, -0.15) is 0 Å². The number of piperidine rings is 1. The Morgan fingerprint density at radius 1 is 1.07 bits per heavy atom. The van der Waals surface area contributed by atoms with Crippen LogP contribution in [-0.2, 0) is 4.79 Å². The molecule has 2 heterocycles. The van der Waals surface area contributed by atoms with Crippen LogP contribution in [0.15, 0.2) is 60.9 Å². The van der Waals surface area contributed by atoms with Crippen molar-refractivity contribution < 1.29 is 9.53 Å². The van der Waals surface area contributed by atoms with Crippen LogP contribution in [0.3, 0.4) is 0 Å². The lowest BCUT2D eigenvalue weighted by molar-refractivity contribution is -0.120. The molecule has 1 N–H and O–H groups in total. The minimum absolute atomic E-state index is 0.0359. The monoisotopic (exact) mass is 402 g/mol. The third-order valence-corrected chi connectivity index (χ3v) is 5.36. The molecule has 1 saturated heterocycles. The smallest absolute Gasteiger partial charge is 0.263 e. The van der Waals surface area contributed by atoms with E-state index < -0.39 is 0 Å². The molecule has 0 bridgehead atoms. The Morgan fingerprint density at radius 2 is 1.83 bits per heavy atom. The lowest BCUT2D eigenvalue weighted by Crippen LogP contribution is -2.41. The summed E-state index contributed by atoms with van der Waals surface area (Å²) in [5, 5.41) is 3.04. The molecular formula is C24H26N4O2. The predicted octanol–water partition coefficient (Wildman–Crippen LogP) is 4.74. The highest BCUT2D eigenvalue weighted by molar-refractivity contribution is 5.93. The van der Waals surface area contributed by atoms with E-state index in [1.165, 1.54) is 5.56 Å². The fourth-order valence-electron chi connectivity index (χ4n) is 3.65. The van der Waals surface area contributed by atoms with Crippen LogP contribution in [0.5, 0.6) is 11.6 Å². The lowest BCUT2D eigenvalue weighted by Gasteiger charge is -2.33. The Balaban J connectivity index is 1.49. The summed E-state index contributed by atoms with van der Waals surface area (Å²) in [5.74, 6) is 1.81. The fourth-order valence-corrected chi connectivity index (χ4v) is 3.65. The van der Waals surface area contributed by atoms with Gasteiger partial charge in [-0.3, -0.25) is 4.79 Å². The fraction of sp³-hybridized carbons (Fsp3) is 0.292. The molecule has 0 spiro atoms. The van der Waals surface area contributed by atoms with Gasteiger partial charge in [0.05, 0.1) is 5.92 Å². The van der Waals surface area contributed by atoms with E-state index in [-0.39, 0.29) is 11.8 Å². The Hall–Kier alpha value is -3.41. The zero-order valence-corrected chi connectivity index (χ0v) is 17.3. The van der Waals surface area contributed by atoms with Crippen LogP contribution in [0, 0.1) is 19.8 Å². The second-order valence-corrected chi connectivity index (χ2v) is 7.69. The summed E-state index contributed by atoms with van der Waals surface area (Å²) in [6.07, 6.45) is 5.05. The second kappa shape index (κ2) is 8.95. The number of nitrogens with one attached hydrogen (secondary N) is 1. The number of carbonyl (C=O) groups excluding carboxylic acids is 1. The van der Waals surface area contributed by atoms with Gasteiger partial charge in [0.25, 0.3) is 5.88 Å². The normalized spacial score (nSPS) is 16.2. The standard InChI is InChI=1S/C24H26N4O2/c1-17-9-11-20(12-10-17)27-23(29)19-7-5-15-28(16-19)22-24(26-14-13-25-22)30-21-8-4-3-6-18(21)2/h3-4,6,8-14,19H,5,7,15-16H2,1-2H3,(H,27,29). The summed E-state index contributed by atoms with van der Waals surface area (Å²) >= 11 is 0. The quantitative estimate of drug-likeness (QED) is 0.668. The number of amides is 1. The number of benzene rings is 2. The van der Waals surface area contributed by atoms with Crippen LogP contribution < -0.4 is 15.0 Å². The number of aromatic nitrogens is 2. The van der Waals surface area contributed by atoms with E-state index in [1.807, 2.05) is 62.4 Å². The van der Waals surface area contributed by atoms with Gasteiger partial charge in [-0.15, -0.1) is 0 Å². The Bertz CT molecular complexity index is 1020. The topological polar surface area (TPSA) is 67.4 Å². The summed E-state index contributed by atoms with van der Waals surface area (Å²) in [4.78, 5) is 23.9. The van der Waals surface area contributed by atoms with Gasteiger partial charge in [0.15, 0.2) is 5.82 Å². The van der Waals surface area contributed by atoms with Gasteiger partial charge < -0.3 is 15.0 Å². The summed E-state index contributed by atoms with van der Waals surface area (Å²) in [5.41, 5.74) is 3.02. The van der Waals surface area contributed by atoms with Crippen molar-refractivity contribution in [3.63, 3.8) is 0 Å². The molecule has 1 atom stereocenters. The Labute approximate surface area is 176 Å². The van der Waals surface area contributed by atoms with Crippen LogP contribution in [-0.4, -0.2) is 29.0 Å². The van der Waals surface area contributed by atoms with Crippen molar-refractivity contribution in [1.29, 1.82) is 0 Å². The third kappa shape index (κ3) is 4.59. The van der Waals surface area contributed by atoms with Crippen molar-refractivity contribution >= 4 is 17.4 Å². The molecule has 154 valence electrons. The highest BCUT2D eigenvalue weighted by Gasteiger charge is 2.28. The van der Waals surface area contributed by atoms with Gasteiger partial charge in [-0.25, -0.2) is 9.97 Å². The van der Waals surface area contributed by atoms with Gasteiger partial charge in [0, 0.05) is 31.2 Å². The van der Waals surface area contributed by atoms with E-state index in [0.717, 1.165) is 36.4 Å². The molecule has 2 aromatic carbocycles. The second-order valence-electron chi connectivity index (χ2n) is 7.69. The van der Waals surface area contributed by atoms with Gasteiger partial charge in [-0.05, 0) is 50.5 Å². The van der Waals surface area contributed by atoms with Crippen molar-refractivity contribution in [3.05, 3.63) is 72.1 Å². The van der Waals surface area contributed by atoms with Crippen molar-refractivity contribution in [3.8, 4) is 11.6 Å². The van der Waals surface area contributed by atoms with E-state index in [1.54, 1.807) is 12.4 Å². The lowest BCUT2D eigenvalue weighted by atomic mass is 9.97. The first-order valence-corrected chi connectivity index (χ1v) is 10.3. The maximum absolute atomic E-state index is 12.8. The number of aryl methyl sites for hydroxylation is 2. The number of nitrogens with zero attached hydrogens (tertiary/aromatic N) is 3. The molecule has 30 heavy (non-hydrogen) atoms. The number of hydrogen-bond acceptors (Lipinski definition) is 5. The van der Waals surface area contributed by atoms with Gasteiger partial charge in [0.1, 0.15) is 5.75 Å². The Kier molecular flexibility index (Phi) is 5.93. The van der Waals surface area contributed by atoms with E-state index in [0.29, 0.717) is 18.2 Å². The number of carbonyl (C=O) groups is 1. The first kappa shape index (κ1) is 19.9. The van der Waals surface area contributed by atoms with Crippen LogP contribution in [0.1, 0.15) is 24.0 Å². The van der Waals surface area contributed by atoms with Crippen molar-refractivity contribution in [2.75, 3.05) is 23.3 Å². The number of anilines is 2. The highest BCUT2D eigenvalue weighted by atomic mass is 16.5. The molecule has 1 aliphatic heterocycles. The van der Waals surface area contributed by atoms with Crippen LogP contribution in [0.25, 0.3) is 0 Å². The summed E-state index contributed by atoms with van der Waals surface area (Å²) < 4.78 is 6.08. The van der Waals surface area contributed by atoms with E-state index >= 15 is 0 Å². The molecule has 6 heteroatoms. The zero-order chi connectivity index (χ0) is 20.9. The number of rotatable bonds is 5. The minimum Gasteiger partial charge on any atom is -0.436 e. The van der Waals surface area contributed by atoms with Crippen LogP contribution in [0.4, 0.5) is 11.5 Å². The van der Waals surface area contributed by atoms with Crippen molar-refractivity contribution in [1.82, 2.24) is 9.97 Å². The van der Waals surface area contributed by atoms with Crippen molar-refractivity contribution in [2.24, 2.45) is 5.92 Å². The molecule has 1 amide bonds. The van der Waals surface area contributed by atoms with Crippen LogP contribution in [0.2, 0.25) is 0 Å². The molecule has 4 rings (SSSR count). The van der Waals surface area contributed by atoms with E-state index in [9.17, 15) is 4.79 Å². The van der Waals surface area contributed by atoms with E-state index in [2.05, 4.69) is 20.2 Å². The molecule has 0 aliphatic carbocycles. The van der Waals surface area contributed by atoms with Gasteiger partial charge in [-0.1, -0.05) is 35.9 Å². The minimum atomic E-state index is -0.117. The number of ether oxygens (including phenoxy) is 1. The summed E-state index contributed by atoms with van der Waals surface area (Å²) in [6.45, 7) is 5.43. The molecule has 1 aliphatic rings. The van der Waals surface area contributed by atoms with Crippen LogP contribution >= 0.6 is 0 Å². The maximum Gasteiger partial charge on any atom is 0.263 e. The molecule has 3 aromatic rings. The molecule has 1 fully saturated rings. The molecular weight excluding hydrogens is 376 g/mol. The number of hydrogen-bond donors (Lipinski definition) is 1. The third-order valence-electron chi connectivity index (χ3n) is 5.36. The van der Waals surface area contributed by atoms with E-state index in [4.69, 9.17) is 4.74 Å².